The van der Waals surface area contributed by atoms with Crippen LogP contribution in [-0.4, -0.2) is 32.0 Å². The third-order valence-electron chi connectivity index (χ3n) is 5.41. The second kappa shape index (κ2) is 8.67. The molecule has 0 fully saturated rings. The summed E-state index contributed by atoms with van der Waals surface area (Å²) in [6.07, 6.45) is 4.30. The Morgan fingerprint density at radius 3 is 2.43 bits per heavy atom. The number of rotatable bonds is 5. The van der Waals surface area contributed by atoms with E-state index in [1.165, 1.54) is 37.8 Å². The van der Waals surface area contributed by atoms with E-state index in [0.29, 0.717) is 5.76 Å². The maximum Gasteiger partial charge on any atom is 0.346 e. The molecule has 35 heavy (non-hydrogen) atoms. The number of fused-ring (bicyclic) bond motifs is 1. The number of methoxy groups -OCH3 is 1. The van der Waals surface area contributed by atoms with Gasteiger partial charge in [-0.3, -0.25) is 9.36 Å². The molecule has 9 nitrogen and oxygen atoms in total. The van der Waals surface area contributed by atoms with Crippen molar-refractivity contribution in [2.45, 2.75) is 15.2 Å². The molecule has 5 rings (SSSR count). The van der Waals surface area contributed by atoms with Crippen molar-refractivity contribution < 1.29 is 31.6 Å². The summed E-state index contributed by atoms with van der Waals surface area (Å²) in [7, 11) is -3.09. The van der Waals surface area contributed by atoms with E-state index < -0.39 is 32.0 Å². The summed E-state index contributed by atoms with van der Waals surface area (Å²) < 4.78 is 44.3. The molecule has 3 aromatic heterocycles. The van der Waals surface area contributed by atoms with Crippen LogP contribution in [0.1, 0.15) is 21.6 Å². The van der Waals surface area contributed by atoms with E-state index in [0.717, 1.165) is 16.3 Å². The number of nitrogen functional groups attached to an aromatic ring is 1. The monoisotopic (exact) mass is 510 g/mol. The van der Waals surface area contributed by atoms with Gasteiger partial charge in [0.2, 0.25) is 9.84 Å². The van der Waals surface area contributed by atoms with E-state index in [2.05, 4.69) is 0 Å². The van der Waals surface area contributed by atoms with Gasteiger partial charge in [0.05, 0.1) is 35.6 Å². The number of nitrogens with two attached hydrogens (primary N) is 1. The molecule has 11 heteroatoms. The van der Waals surface area contributed by atoms with Crippen molar-refractivity contribution in [3.05, 3.63) is 89.2 Å². The van der Waals surface area contributed by atoms with Gasteiger partial charge in [0.25, 0.3) is 5.91 Å². The standard InChI is InChI=1S/C24H18N2O7S2/c1-31-24(28)21-19-16(13-14-7-5-11-32-14)18(25)23(35(29,30)15-8-3-2-4-9-15)26(19)22(27)20(34-21)17-10-6-12-33-17/h2-13,20H,25H2,1H3/b16-13+. The summed E-state index contributed by atoms with van der Waals surface area (Å²) in [6.45, 7) is 0. The number of anilines is 1. The van der Waals surface area contributed by atoms with Crippen molar-refractivity contribution in [1.29, 1.82) is 0 Å². The Labute approximate surface area is 203 Å². The lowest BCUT2D eigenvalue weighted by Gasteiger charge is -2.22. The van der Waals surface area contributed by atoms with Crippen LogP contribution in [-0.2, 0) is 19.4 Å². The van der Waals surface area contributed by atoms with Crippen molar-refractivity contribution in [2.24, 2.45) is 0 Å². The minimum Gasteiger partial charge on any atom is -0.468 e. The number of nitrogens with zero attached hydrogens (tertiary/aromatic N) is 1. The van der Waals surface area contributed by atoms with Crippen molar-refractivity contribution in [3.8, 4) is 0 Å². The fourth-order valence-electron chi connectivity index (χ4n) is 3.86. The van der Waals surface area contributed by atoms with Crippen LogP contribution in [0, 0.1) is 0 Å². The number of hydrogen-bond acceptors (Lipinski definition) is 9. The molecule has 0 saturated carbocycles. The zero-order valence-corrected chi connectivity index (χ0v) is 19.8. The second-order valence-electron chi connectivity index (χ2n) is 7.47. The van der Waals surface area contributed by atoms with Crippen molar-refractivity contribution >= 4 is 50.1 Å². The molecule has 1 aromatic carbocycles. The molecule has 1 aliphatic heterocycles. The van der Waals surface area contributed by atoms with Crippen molar-refractivity contribution in [2.75, 3.05) is 12.8 Å². The molecule has 0 spiro atoms. The minimum absolute atomic E-state index is 0.00696. The molecular weight excluding hydrogens is 492 g/mol. The fraction of sp³-hybridized carbons (Fsp3) is 0.0833. The number of furan rings is 2. The molecule has 1 aliphatic rings. The molecule has 2 N–H and O–H groups in total. The number of thioether (sulfide) groups is 1. The summed E-state index contributed by atoms with van der Waals surface area (Å²) in [5, 5.41) is -1.33. The van der Waals surface area contributed by atoms with Crippen LogP contribution in [0.15, 0.2) is 85.9 Å². The average molecular weight is 511 g/mol. The highest BCUT2D eigenvalue weighted by Crippen LogP contribution is 2.40. The van der Waals surface area contributed by atoms with Crippen LogP contribution in [0.4, 0.5) is 5.69 Å². The van der Waals surface area contributed by atoms with Gasteiger partial charge in [0.15, 0.2) is 5.03 Å². The molecule has 0 saturated heterocycles. The Morgan fingerprint density at radius 2 is 1.80 bits per heavy atom. The largest absolute Gasteiger partial charge is 0.468 e. The van der Waals surface area contributed by atoms with Gasteiger partial charge >= 0.3 is 5.97 Å². The molecule has 1 atom stereocenters. The summed E-state index contributed by atoms with van der Waals surface area (Å²) in [4.78, 5) is 26.6. The first-order valence-electron chi connectivity index (χ1n) is 10.3. The fourth-order valence-corrected chi connectivity index (χ4v) is 6.60. The number of hydrogen-bond donors (Lipinski definition) is 1. The van der Waals surface area contributed by atoms with Crippen molar-refractivity contribution in [3.63, 3.8) is 0 Å². The quantitative estimate of drug-likeness (QED) is 0.401. The molecule has 1 unspecified atom stereocenters. The molecule has 0 aliphatic carbocycles. The topological polar surface area (TPSA) is 135 Å². The summed E-state index contributed by atoms with van der Waals surface area (Å²) in [6, 6.07) is 14.1. The van der Waals surface area contributed by atoms with Gasteiger partial charge in [-0.25, -0.2) is 13.2 Å². The number of carbonyl (C=O) groups is 2. The number of ether oxygens (including phenoxy) is 1. The van der Waals surface area contributed by atoms with E-state index in [1.807, 2.05) is 0 Å². The Morgan fingerprint density at radius 1 is 1.09 bits per heavy atom. The van der Waals surface area contributed by atoms with Gasteiger partial charge in [-0.05, 0) is 42.5 Å². The van der Waals surface area contributed by atoms with Crippen LogP contribution in [0.5, 0.6) is 0 Å². The smallest absolute Gasteiger partial charge is 0.346 e. The summed E-state index contributed by atoms with van der Waals surface area (Å²) >= 11 is 0.905. The highest BCUT2D eigenvalue weighted by Gasteiger charge is 2.41. The lowest BCUT2D eigenvalue weighted by molar-refractivity contribution is -0.133. The zero-order valence-electron chi connectivity index (χ0n) is 18.2. The van der Waals surface area contributed by atoms with Gasteiger partial charge in [0.1, 0.15) is 21.7 Å². The van der Waals surface area contributed by atoms with Gasteiger partial charge in [0, 0.05) is 5.22 Å². The van der Waals surface area contributed by atoms with E-state index in [9.17, 15) is 18.0 Å². The number of esters is 1. The molecule has 0 bridgehead atoms. The first kappa shape index (κ1) is 22.8. The van der Waals surface area contributed by atoms with Gasteiger partial charge < -0.3 is 19.3 Å². The van der Waals surface area contributed by atoms with Crippen LogP contribution < -0.4 is 16.3 Å². The maximum absolute atomic E-state index is 13.8. The maximum atomic E-state index is 13.8. The molecule has 4 aromatic rings. The zero-order chi connectivity index (χ0) is 24.7. The first-order chi connectivity index (χ1) is 16.8. The lowest BCUT2D eigenvalue weighted by atomic mass is 10.2. The van der Waals surface area contributed by atoms with E-state index in [-0.39, 0.29) is 31.8 Å². The van der Waals surface area contributed by atoms with Gasteiger partial charge in [-0.15, -0.1) is 0 Å². The third-order valence-corrected chi connectivity index (χ3v) is 8.48. The minimum atomic E-state index is -4.29. The molecular formula is C24H18N2O7S2. The van der Waals surface area contributed by atoms with E-state index in [4.69, 9.17) is 19.3 Å². The average Bonchev–Trinajstić information content (AvgIpc) is 3.62. The predicted octanol–water partition coefficient (Wildman–Crippen LogP) is 2.33. The highest BCUT2D eigenvalue weighted by molar-refractivity contribution is 8.10. The highest BCUT2D eigenvalue weighted by atomic mass is 32.2. The number of benzene rings is 1. The van der Waals surface area contributed by atoms with E-state index >= 15 is 0 Å². The molecule has 0 radical (unpaired) electrons. The SMILES string of the molecule is COC(=O)C1=c2/c(=C/c3ccco3)c(N)c(S(=O)(=O)c3ccccc3)n2C(=O)C(c2ccco2)S1. The van der Waals surface area contributed by atoms with Crippen LogP contribution in [0.25, 0.3) is 11.0 Å². The Balaban J connectivity index is 1.94. The lowest BCUT2D eigenvalue weighted by Crippen LogP contribution is -2.42. The van der Waals surface area contributed by atoms with E-state index in [1.54, 1.807) is 42.5 Å². The molecule has 178 valence electrons. The Hall–Kier alpha value is -3.96. The molecule has 4 heterocycles. The van der Waals surface area contributed by atoms with Gasteiger partial charge in [-0.1, -0.05) is 30.0 Å². The van der Waals surface area contributed by atoms with Crippen LogP contribution in [0.3, 0.4) is 0 Å². The second-order valence-corrected chi connectivity index (χ2v) is 10.4. The number of sulfone groups is 1. The third kappa shape index (κ3) is 3.69. The first-order valence-corrected chi connectivity index (χ1v) is 12.6. The Bertz CT molecular complexity index is 1650. The van der Waals surface area contributed by atoms with Crippen LogP contribution in [0.2, 0.25) is 0 Å². The summed E-state index contributed by atoms with van der Waals surface area (Å²) in [5.41, 5.74) is 6.23. The van der Waals surface area contributed by atoms with Crippen LogP contribution >= 0.6 is 11.8 Å². The number of carbonyl (C=O) groups excluding carboxylic acids is 2. The molecule has 0 amide bonds. The van der Waals surface area contributed by atoms with Gasteiger partial charge in [-0.2, -0.15) is 0 Å². The predicted molar refractivity (Wildman–Crippen MR) is 127 cm³/mol. The summed E-state index contributed by atoms with van der Waals surface area (Å²) in [5.74, 6) is -0.786. The van der Waals surface area contributed by atoms with Crippen molar-refractivity contribution in [1.82, 2.24) is 4.57 Å². The number of aromatic nitrogens is 1. The Kier molecular flexibility index (Phi) is 5.65. The normalized spacial score (nSPS) is 16.4.